The van der Waals surface area contributed by atoms with Crippen molar-refractivity contribution in [3.05, 3.63) is 59.2 Å². The summed E-state index contributed by atoms with van der Waals surface area (Å²) >= 11 is 0. The van der Waals surface area contributed by atoms with E-state index in [0.29, 0.717) is 0 Å². The maximum atomic E-state index is 12.9. The minimum Gasteiger partial charge on any atom is -0.224 e. The average molecular weight is 382 g/mol. The number of hydrogen-bond acceptors (Lipinski definition) is 4. The second kappa shape index (κ2) is 6.90. The Labute approximate surface area is 150 Å². The van der Waals surface area contributed by atoms with Crippen molar-refractivity contribution in [3.63, 3.8) is 0 Å². The van der Waals surface area contributed by atoms with Gasteiger partial charge in [-0.25, -0.2) is 16.8 Å². The van der Waals surface area contributed by atoms with Gasteiger partial charge in [0.25, 0.3) is 0 Å². The van der Waals surface area contributed by atoms with E-state index in [1.165, 1.54) is 23.5 Å². The van der Waals surface area contributed by atoms with Gasteiger partial charge in [-0.2, -0.15) is 4.31 Å². The normalized spacial score (nSPS) is 13.8. The van der Waals surface area contributed by atoms with Crippen LogP contribution in [0, 0.1) is 13.8 Å². The zero-order valence-electron chi connectivity index (χ0n) is 15.0. The number of nitrogens with zero attached hydrogens (tertiary/aromatic N) is 1. The molecule has 0 aliphatic carbocycles. The third kappa shape index (κ3) is 4.11. The topological polar surface area (TPSA) is 71.5 Å². The summed E-state index contributed by atoms with van der Waals surface area (Å²) < 4.78 is 50.1. The first-order valence-electron chi connectivity index (χ1n) is 7.80. The molecule has 0 aliphatic rings. The molecule has 0 aromatic heterocycles. The van der Waals surface area contributed by atoms with Crippen molar-refractivity contribution in [2.75, 3.05) is 13.3 Å². The molecule has 0 spiro atoms. The van der Waals surface area contributed by atoms with Gasteiger partial charge < -0.3 is 0 Å². The number of aryl methyl sites for hydroxylation is 2. The molecule has 0 amide bonds. The van der Waals surface area contributed by atoms with Crippen molar-refractivity contribution in [1.82, 2.24) is 4.31 Å². The third-order valence-electron chi connectivity index (χ3n) is 4.49. The van der Waals surface area contributed by atoms with E-state index in [2.05, 4.69) is 0 Å². The molecule has 25 heavy (non-hydrogen) atoms. The van der Waals surface area contributed by atoms with Crippen LogP contribution in [0.25, 0.3) is 0 Å². The van der Waals surface area contributed by atoms with Gasteiger partial charge in [0.05, 0.1) is 9.79 Å². The van der Waals surface area contributed by atoms with Gasteiger partial charge in [0.2, 0.25) is 10.0 Å². The average Bonchev–Trinajstić information content (AvgIpc) is 2.55. The van der Waals surface area contributed by atoms with E-state index < -0.39 is 25.9 Å². The number of sulfone groups is 1. The summed E-state index contributed by atoms with van der Waals surface area (Å²) in [5.74, 6) is 0. The first-order chi connectivity index (χ1) is 11.4. The maximum absolute atomic E-state index is 12.9. The van der Waals surface area contributed by atoms with Crippen molar-refractivity contribution in [1.29, 1.82) is 0 Å². The van der Waals surface area contributed by atoms with E-state index in [1.807, 2.05) is 13.8 Å². The molecule has 0 fully saturated rings. The Morgan fingerprint density at radius 3 is 1.84 bits per heavy atom. The number of benzene rings is 2. The van der Waals surface area contributed by atoms with Gasteiger partial charge in [-0.05, 0) is 61.7 Å². The minimum atomic E-state index is -3.65. The summed E-state index contributed by atoms with van der Waals surface area (Å²) in [4.78, 5) is 0.459. The lowest BCUT2D eigenvalue weighted by molar-refractivity contribution is 0.398. The Morgan fingerprint density at radius 2 is 1.36 bits per heavy atom. The van der Waals surface area contributed by atoms with Crippen molar-refractivity contribution >= 4 is 19.9 Å². The molecule has 0 aliphatic heterocycles. The lowest BCUT2D eigenvalue weighted by Crippen LogP contribution is -2.30. The summed E-state index contributed by atoms with van der Waals surface area (Å²) in [6, 6.07) is 10.9. The SMILES string of the molecule is Cc1ccc(S(=O)(=O)N(C)[C@@H](C)c2ccc(S(C)(=O)=O)cc2)cc1C. The molecule has 2 rings (SSSR count). The predicted octanol–water partition coefficient (Wildman–Crippen LogP) is 3.09. The Balaban J connectivity index is 2.35. The molecule has 0 radical (unpaired) electrons. The Bertz CT molecular complexity index is 978. The molecule has 2 aromatic rings. The van der Waals surface area contributed by atoms with Gasteiger partial charge in [0, 0.05) is 19.3 Å². The number of hydrogen-bond donors (Lipinski definition) is 0. The van der Waals surface area contributed by atoms with E-state index in [0.717, 1.165) is 22.9 Å². The Morgan fingerprint density at radius 1 is 0.840 bits per heavy atom. The van der Waals surface area contributed by atoms with Gasteiger partial charge in [-0.15, -0.1) is 0 Å². The van der Waals surface area contributed by atoms with Crippen molar-refractivity contribution in [2.24, 2.45) is 0 Å². The van der Waals surface area contributed by atoms with E-state index in [-0.39, 0.29) is 9.79 Å². The minimum absolute atomic E-state index is 0.211. The number of rotatable bonds is 5. The summed E-state index contributed by atoms with van der Waals surface area (Å²) in [6.07, 6.45) is 1.14. The molecule has 0 N–H and O–H groups in total. The van der Waals surface area contributed by atoms with E-state index in [9.17, 15) is 16.8 Å². The molecule has 0 saturated carbocycles. The largest absolute Gasteiger partial charge is 0.243 e. The summed E-state index contributed by atoms with van der Waals surface area (Å²) in [5, 5.41) is 0. The molecule has 136 valence electrons. The van der Waals surface area contributed by atoms with Crippen molar-refractivity contribution < 1.29 is 16.8 Å². The highest BCUT2D eigenvalue weighted by atomic mass is 32.2. The van der Waals surface area contributed by atoms with Crippen molar-refractivity contribution in [3.8, 4) is 0 Å². The van der Waals surface area contributed by atoms with E-state index >= 15 is 0 Å². The fourth-order valence-corrected chi connectivity index (χ4v) is 4.52. The van der Waals surface area contributed by atoms with Gasteiger partial charge in [-0.1, -0.05) is 18.2 Å². The van der Waals surface area contributed by atoms with Gasteiger partial charge in [0.15, 0.2) is 9.84 Å². The first-order valence-corrected chi connectivity index (χ1v) is 11.1. The van der Waals surface area contributed by atoms with E-state index in [1.54, 1.807) is 37.3 Å². The third-order valence-corrected chi connectivity index (χ3v) is 7.54. The zero-order valence-corrected chi connectivity index (χ0v) is 16.6. The van der Waals surface area contributed by atoms with Crippen molar-refractivity contribution in [2.45, 2.75) is 36.6 Å². The molecule has 7 heteroatoms. The fraction of sp³-hybridized carbons (Fsp3) is 0.333. The van der Waals surface area contributed by atoms with Crippen LogP contribution in [0.3, 0.4) is 0 Å². The molecule has 0 bridgehead atoms. The summed E-state index contributed by atoms with van der Waals surface area (Å²) in [6.45, 7) is 5.58. The zero-order chi connectivity index (χ0) is 19.0. The quantitative estimate of drug-likeness (QED) is 0.798. The van der Waals surface area contributed by atoms with Gasteiger partial charge in [0.1, 0.15) is 0 Å². The first kappa shape index (κ1) is 19.6. The van der Waals surface area contributed by atoms with Crippen LogP contribution in [0.15, 0.2) is 52.3 Å². The molecule has 5 nitrogen and oxygen atoms in total. The molecule has 1 atom stereocenters. The monoisotopic (exact) mass is 381 g/mol. The summed E-state index contributed by atoms with van der Waals surface area (Å²) in [5.41, 5.74) is 2.67. The second-order valence-electron chi connectivity index (χ2n) is 6.28. The highest BCUT2D eigenvalue weighted by molar-refractivity contribution is 7.90. The van der Waals surface area contributed by atoms with Crippen LogP contribution in [0.4, 0.5) is 0 Å². The molecular weight excluding hydrogens is 358 g/mol. The molecule has 0 unspecified atom stereocenters. The van der Waals surface area contributed by atoms with Crippen LogP contribution in [-0.2, 0) is 19.9 Å². The lowest BCUT2D eigenvalue weighted by atomic mass is 10.1. The van der Waals surface area contributed by atoms with Crippen LogP contribution in [0.5, 0.6) is 0 Å². The molecule has 0 saturated heterocycles. The number of sulfonamides is 1. The Hall–Kier alpha value is -1.70. The second-order valence-corrected chi connectivity index (χ2v) is 10.3. The highest BCUT2D eigenvalue weighted by Crippen LogP contribution is 2.27. The Kier molecular flexibility index (Phi) is 5.41. The van der Waals surface area contributed by atoms with Crippen LogP contribution in [-0.4, -0.2) is 34.4 Å². The van der Waals surface area contributed by atoms with Gasteiger partial charge in [-0.3, -0.25) is 0 Å². The van der Waals surface area contributed by atoms with Crippen LogP contribution < -0.4 is 0 Å². The van der Waals surface area contributed by atoms with Crippen LogP contribution in [0.1, 0.15) is 29.7 Å². The molecule has 0 heterocycles. The highest BCUT2D eigenvalue weighted by Gasteiger charge is 2.26. The van der Waals surface area contributed by atoms with E-state index in [4.69, 9.17) is 0 Å². The van der Waals surface area contributed by atoms with Gasteiger partial charge >= 0.3 is 0 Å². The maximum Gasteiger partial charge on any atom is 0.243 e. The summed E-state index contributed by atoms with van der Waals surface area (Å²) in [7, 11) is -5.40. The predicted molar refractivity (Wildman–Crippen MR) is 98.8 cm³/mol. The fourth-order valence-electron chi connectivity index (χ4n) is 2.45. The van der Waals surface area contributed by atoms with Crippen LogP contribution in [0.2, 0.25) is 0 Å². The smallest absolute Gasteiger partial charge is 0.224 e. The standard InChI is InChI=1S/C18H23NO4S2/c1-13-6-9-18(12-14(13)2)25(22,23)19(4)15(3)16-7-10-17(11-8-16)24(5,20)21/h6-12,15H,1-5H3/t15-/m0/s1. The lowest BCUT2D eigenvalue weighted by Gasteiger charge is -2.25. The molecule has 2 aromatic carbocycles. The molecular formula is C18H23NO4S2. The van der Waals surface area contributed by atoms with Crippen LogP contribution >= 0.6 is 0 Å².